The summed E-state index contributed by atoms with van der Waals surface area (Å²) in [4.78, 5) is 0.296. The van der Waals surface area contributed by atoms with Gasteiger partial charge in [-0.2, -0.15) is 0 Å². The Morgan fingerprint density at radius 3 is 2.36 bits per heavy atom. The molecule has 0 spiro atoms. The molecular weight excluding hydrogens is 433 g/mol. The van der Waals surface area contributed by atoms with Gasteiger partial charge in [0, 0.05) is 0 Å². The molecule has 5 rings (SSSR count). The quantitative estimate of drug-likeness (QED) is 0.473. The number of aryl methyl sites for hydroxylation is 1. The molecule has 28 heavy (non-hydrogen) atoms. The first-order valence-corrected chi connectivity index (χ1v) is 14.0. The molecule has 0 saturated heterocycles. The van der Waals surface area contributed by atoms with Gasteiger partial charge >= 0.3 is 173 Å². The van der Waals surface area contributed by atoms with Gasteiger partial charge in [-0.05, 0) is 0 Å². The molecule has 3 atom stereocenters. The van der Waals surface area contributed by atoms with E-state index >= 15 is 0 Å². The number of hydrogen-bond donors (Lipinski definition) is 0. The second-order valence-electron chi connectivity index (χ2n) is 8.51. The summed E-state index contributed by atoms with van der Waals surface area (Å²) in [5, 5.41) is 0.802. The van der Waals surface area contributed by atoms with Crippen LogP contribution in [0.5, 0.6) is 0 Å². The molecule has 1 saturated carbocycles. The zero-order valence-corrected chi connectivity index (χ0v) is 19.2. The molecule has 1 fully saturated rings. The molecule has 3 unspecified atom stereocenters. The first-order valence-electron chi connectivity index (χ1n) is 9.77. The van der Waals surface area contributed by atoms with Crippen LogP contribution in [0.3, 0.4) is 0 Å². The molecule has 0 amide bonds. The molecule has 3 aliphatic carbocycles. The molecule has 0 heterocycles. The number of fused-ring (bicyclic) bond motifs is 1. The van der Waals surface area contributed by atoms with Gasteiger partial charge in [0.2, 0.25) is 0 Å². The van der Waals surface area contributed by atoms with E-state index in [9.17, 15) is 8.42 Å². The predicted molar refractivity (Wildman–Crippen MR) is 116 cm³/mol. The van der Waals surface area contributed by atoms with E-state index in [4.69, 9.17) is 0 Å². The van der Waals surface area contributed by atoms with Gasteiger partial charge < -0.3 is 0 Å². The third kappa shape index (κ3) is 3.68. The second-order valence-corrected chi connectivity index (χ2v) is 14.1. The summed E-state index contributed by atoms with van der Waals surface area (Å²) < 4.78 is 31.7. The number of allylic oxidation sites excluding steroid dienone is 2. The predicted octanol–water partition coefficient (Wildman–Crippen LogP) is 4.84. The van der Waals surface area contributed by atoms with E-state index in [1.54, 1.807) is 12.1 Å². The molecule has 3 nitrogen and oxygen atoms in total. The normalized spacial score (nSPS) is 24.3. The van der Waals surface area contributed by atoms with Crippen molar-refractivity contribution in [2.24, 2.45) is 20.6 Å². The summed E-state index contributed by atoms with van der Waals surface area (Å²) >= 11 is -1.91. The Labute approximate surface area is 172 Å². The average molecular weight is 461 g/mol. The van der Waals surface area contributed by atoms with Gasteiger partial charge in [-0.1, -0.05) is 0 Å². The standard InChI is InChI=1S/C23H27NO2SSe/c1-17-9-13-20(14-10-17)27(25,26)24-28(21-7-5-4-6-8-21)16-18-11-12-19-15-22(18)23(19,2)3/h4-11,13-14,19,22H,12,15-16H2,1-3H3. The summed E-state index contributed by atoms with van der Waals surface area (Å²) in [5.41, 5.74) is 2.82. The number of nitrogens with zero attached hydrogens (tertiary/aromatic N) is 1. The number of sulfonamides is 1. The summed E-state index contributed by atoms with van der Waals surface area (Å²) in [6.07, 6.45) is 4.74. The van der Waals surface area contributed by atoms with Crippen LogP contribution in [0.2, 0.25) is 5.32 Å². The fourth-order valence-corrected chi connectivity index (χ4v) is 10.9. The van der Waals surface area contributed by atoms with Crippen LogP contribution in [0.4, 0.5) is 0 Å². The number of benzene rings is 2. The van der Waals surface area contributed by atoms with Gasteiger partial charge in [0.25, 0.3) is 0 Å². The van der Waals surface area contributed by atoms with Crippen molar-refractivity contribution in [3.63, 3.8) is 0 Å². The minimum atomic E-state index is -3.66. The fourth-order valence-electron chi connectivity index (χ4n) is 4.40. The van der Waals surface area contributed by atoms with Crippen LogP contribution in [0.1, 0.15) is 32.3 Å². The van der Waals surface area contributed by atoms with E-state index in [-0.39, 0.29) is 0 Å². The van der Waals surface area contributed by atoms with Crippen molar-refractivity contribution in [3.8, 4) is 0 Å². The maximum absolute atomic E-state index is 13.0. The molecule has 3 aliphatic rings. The van der Waals surface area contributed by atoms with Crippen molar-refractivity contribution in [2.75, 3.05) is 0 Å². The molecule has 2 aromatic carbocycles. The van der Waals surface area contributed by atoms with Crippen LogP contribution in [0.15, 0.2) is 74.5 Å². The van der Waals surface area contributed by atoms with Crippen molar-refractivity contribution in [1.29, 1.82) is 0 Å². The van der Waals surface area contributed by atoms with Crippen LogP contribution < -0.4 is 4.46 Å². The third-order valence-corrected chi connectivity index (χ3v) is 13.0. The molecule has 0 aliphatic heterocycles. The molecule has 5 heteroatoms. The zero-order valence-electron chi connectivity index (χ0n) is 16.6. The average Bonchev–Trinajstić information content (AvgIpc) is 2.68. The van der Waals surface area contributed by atoms with Gasteiger partial charge in [0.15, 0.2) is 0 Å². The van der Waals surface area contributed by atoms with Crippen molar-refractivity contribution in [3.05, 3.63) is 71.8 Å². The van der Waals surface area contributed by atoms with Crippen molar-refractivity contribution < 1.29 is 8.42 Å². The Bertz CT molecular complexity index is 1040. The Morgan fingerprint density at radius 1 is 1.07 bits per heavy atom. The molecule has 2 bridgehead atoms. The molecule has 2 aromatic rings. The van der Waals surface area contributed by atoms with E-state index in [1.807, 2.05) is 49.4 Å². The zero-order chi connectivity index (χ0) is 19.9. The number of hydrogen-bond acceptors (Lipinski definition) is 2. The van der Waals surface area contributed by atoms with E-state index in [0.29, 0.717) is 16.2 Å². The molecule has 148 valence electrons. The monoisotopic (exact) mass is 461 g/mol. The van der Waals surface area contributed by atoms with Crippen molar-refractivity contribution in [2.45, 2.75) is 43.8 Å². The van der Waals surface area contributed by atoms with Crippen molar-refractivity contribution >= 4 is 28.2 Å². The minimum absolute atomic E-state index is 0.296. The molecule has 0 radical (unpaired) electrons. The van der Waals surface area contributed by atoms with Crippen LogP contribution in [-0.4, -0.2) is 22.1 Å². The van der Waals surface area contributed by atoms with Crippen molar-refractivity contribution in [1.82, 2.24) is 0 Å². The topological polar surface area (TPSA) is 46.5 Å². The fraction of sp³-hybridized carbons (Fsp3) is 0.391. The van der Waals surface area contributed by atoms with E-state index < -0.39 is 23.7 Å². The van der Waals surface area contributed by atoms with E-state index in [1.165, 1.54) is 12.0 Å². The SMILES string of the molecule is Cc1ccc(S(=O)(=O)/N=[Se](\CC2=CCC3CC2C3(C)C)c2ccccc2)cc1. The van der Waals surface area contributed by atoms with Gasteiger partial charge in [-0.15, -0.1) is 0 Å². The van der Waals surface area contributed by atoms with E-state index in [2.05, 4.69) is 23.3 Å². The van der Waals surface area contributed by atoms with Crippen LogP contribution in [0.25, 0.3) is 0 Å². The van der Waals surface area contributed by atoms with E-state index in [0.717, 1.165) is 27.7 Å². The molecular formula is C23H27NO2SSe. The molecule has 0 aromatic heterocycles. The van der Waals surface area contributed by atoms with Gasteiger partial charge in [0.1, 0.15) is 0 Å². The third-order valence-electron chi connectivity index (χ3n) is 6.41. The van der Waals surface area contributed by atoms with Gasteiger partial charge in [-0.25, -0.2) is 0 Å². The summed E-state index contributed by atoms with van der Waals surface area (Å²) in [6.45, 7) is 6.67. The molecule has 0 N–H and O–H groups in total. The Hall–Kier alpha value is -1.55. The summed E-state index contributed by atoms with van der Waals surface area (Å²) in [6, 6.07) is 17.0. The van der Waals surface area contributed by atoms with Gasteiger partial charge in [-0.3, -0.25) is 0 Å². The Kier molecular flexibility index (Phi) is 5.20. The summed E-state index contributed by atoms with van der Waals surface area (Å²) in [7, 11) is -3.66. The summed E-state index contributed by atoms with van der Waals surface area (Å²) in [5.74, 6) is 1.36. The maximum atomic E-state index is 13.0. The Morgan fingerprint density at radius 2 is 1.75 bits per heavy atom. The second kappa shape index (κ2) is 7.36. The van der Waals surface area contributed by atoms with Gasteiger partial charge in [0.05, 0.1) is 0 Å². The number of rotatable bonds is 5. The van der Waals surface area contributed by atoms with Crippen LogP contribution in [-0.2, 0) is 10.0 Å². The van der Waals surface area contributed by atoms with Crippen LogP contribution in [0, 0.1) is 24.2 Å². The first kappa shape index (κ1) is 19.8. The Balaban J connectivity index is 1.72. The van der Waals surface area contributed by atoms with Crippen LogP contribution >= 0.6 is 0 Å². The first-order chi connectivity index (χ1) is 13.3.